The Balaban J connectivity index is 3.76. The summed E-state index contributed by atoms with van der Waals surface area (Å²) < 4.78 is 0. The van der Waals surface area contributed by atoms with Crippen molar-refractivity contribution in [1.82, 2.24) is 0 Å². The summed E-state index contributed by atoms with van der Waals surface area (Å²) in [5.74, 6) is 0.633. The lowest BCUT2D eigenvalue weighted by Crippen LogP contribution is -2.16. The van der Waals surface area contributed by atoms with E-state index < -0.39 is 0 Å². The Morgan fingerprint density at radius 3 is 2.00 bits per heavy atom. The average molecular weight is 125 g/mol. The SMILES string of the molecule is [C-]#[N+]C(C)(C)CC(C)C. The second-order valence-corrected chi connectivity index (χ2v) is 3.52. The van der Waals surface area contributed by atoms with Crippen molar-refractivity contribution >= 4 is 0 Å². The smallest absolute Gasteiger partial charge is 0.227 e. The molecule has 0 aromatic heterocycles. The van der Waals surface area contributed by atoms with Gasteiger partial charge in [0.05, 0.1) is 0 Å². The van der Waals surface area contributed by atoms with Crippen LogP contribution < -0.4 is 0 Å². The Morgan fingerprint density at radius 1 is 1.44 bits per heavy atom. The first-order valence-corrected chi connectivity index (χ1v) is 3.36. The summed E-state index contributed by atoms with van der Waals surface area (Å²) >= 11 is 0. The van der Waals surface area contributed by atoms with Crippen molar-refractivity contribution in [2.24, 2.45) is 5.92 Å². The second-order valence-electron chi connectivity index (χ2n) is 3.52. The highest BCUT2D eigenvalue weighted by Crippen LogP contribution is 2.19. The van der Waals surface area contributed by atoms with Crippen LogP contribution in [0.5, 0.6) is 0 Å². The topological polar surface area (TPSA) is 4.36 Å². The molecule has 0 bridgehead atoms. The second kappa shape index (κ2) is 2.87. The highest BCUT2D eigenvalue weighted by molar-refractivity contribution is 4.89. The maximum Gasteiger partial charge on any atom is 0.227 e. The van der Waals surface area contributed by atoms with Gasteiger partial charge in [-0.05, 0) is 5.92 Å². The molecule has 0 heterocycles. The maximum atomic E-state index is 6.82. The lowest BCUT2D eigenvalue weighted by molar-refractivity contribution is 0.453. The zero-order chi connectivity index (χ0) is 7.49. The van der Waals surface area contributed by atoms with Crippen LogP contribution in [0.2, 0.25) is 0 Å². The van der Waals surface area contributed by atoms with E-state index in [4.69, 9.17) is 6.57 Å². The molecule has 0 spiro atoms. The number of nitrogens with zero attached hydrogens (tertiary/aromatic N) is 1. The third-order valence-corrected chi connectivity index (χ3v) is 1.21. The summed E-state index contributed by atoms with van der Waals surface area (Å²) in [7, 11) is 0. The molecule has 0 N–H and O–H groups in total. The van der Waals surface area contributed by atoms with Crippen molar-refractivity contribution in [3.05, 3.63) is 11.4 Å². The summed E-state index contributed by atoms with van der Waals surface area (Å²) in [4.78, 5) is 3.51. The molecule has 0 amide bonds. The van der Waals surface area contributed by atoms with Crippen LogP contribution >= 0.6 is 0 Å². The fourth-order valence-electron chi connectivity index (χ4n) is 1.04. The third kappa shape index (κ3) is 4.02. The van der Waals surface area contributed by atoms with E-state index in [1.807, 2.05) is 13.8 Å². The van der Waals surface area contributed by atoms with Crippen LogP contribution in [-0.2, 0) is 0 Å². The largest absolute Gasteiger partial charge is 0.311 e. The predicted octanol–water partition coefficient (Wildman–Crippen LogP) is 2.73. The van der Waals surface area contributed by atoms with E-state index in [0.29, 0.717) is 5.92 Å². The van der Waals surface area contributed by atoms with Gasteiger partial charge in [0.15, 0.2) is 0 Å². The normalized spacial score (nSPS) is 11.6. The quantitative estimate of drug-likeness (QED) is 0.500. The molecule has 0 fully saturated rings. The van der Waals surface area contributed by atoms with Gasteiger partial charge in [-0.1, -0.05) is 13.8 Å². The van der Waals surface area contributed by atoms with Crippen molar-refractivity contribution in [1.29, 1.82) is 0 Å². The Labute approximate surface area is 57.9 Å². The lowest BCUT2D eigenvalue weighted by Gasteiger charge is -2.12. The van der Waals surface area contributed by atoms with Crippen molar-refractivity contribution in [3.8, 4) is 0 Å². The predicted molar refractivity (Wildman–Crippen MR) is 40.1 cm³/mol. The van der Waals surface area contributed by atoms with E-state index in [0.717, 1.165) is 6.42 Å². The van der Waals surface area contributed by atoms with Gasteiger partial charge in [0.1, 0.15) is 0 Å². The molecular formula is C8H15N. The first-order valence-electron chi connectivity index (χ1n) is 3.36. The van der Waals surface area contributed by atoms with Crippen LogP contribution in [0, 0.1) is 12.5 Å². The minimum absolute atomic E-state index is 0.145. The fourth-order valence-corrected chi connectivity index (χ4v) is 1.04. The first kappa shape index (κ1) is 8.49. The van der Waals surface area contributed by atoms with Gasteiger partial charge in [-0.3, -0.25) is 0 Å². The standard InChI is InChI=1S/C8H15N/c1-7(2)6-8(3,4)9-5/h7H,6H2,1-4H3. The first-order chi connectivity index (χ1) is 3.98. The van der Waals surface area contributed by atoms with Crippen molar-refractivity contribution in [2.75, 3.05) is 0 Å². The summed E-state index contributed by atoms with van der Waals surface area (Å²) in [6.07, 6.45) is 0.997. The molecule has 0 saturated heterocycles. The molecule has 0 aliphatic heterocycles. The van der Waals surface area contributed by atoms with E-state index in [1.165, 1.54) is 0 Å². The zero-order valence-electron chi connectivity index (χ0n) is 6.73. The van der Waals surface area contributed by atoms with Gasteiger partial charge in [0.25, 0.3) is 0 Å². The van der Waals surface area contributed by atoms with Gasteiger partial charge < -0.3 is 4.85 Å². The Morgan fingerprint density at radius 2 is 1.89 bits per heavy atom. The molecule has 0 unspecified atom stereocenters. The van der Waals surface area contributed by atoms with Gasteiger partial charge in [-0.2, -0.15) is 0 Å². The Kier molecular flexibility index (Phi) is 2.70. The van der Waals surface area contributed by atoms with Crippen LogP contribution in [0.4, 0.5) is 0 Å². The molecule has 0 saturated carbocycles. The van der Waals surface area contributed by atoms with Gasteiger partial charge in [0.2, 0.25) is 5.54 Å². The summed E-state index contributed by atoms with van der Waals surface area (Å²) in [5.41, 5.74) is -0.145. The van der Waals surface area contributed by atoms with Gasteiger partial charge in [-0.15, -0.1) is 0 Å². The van der Waals surface area contributed by atoms with E-state index >= 15 is 0 Å². The van der Waals surface area contributed by atoms with E-state index in [9.17, 15) is 0 Å². The van der Waals surface area contributed by atoms with Gasteiger partial charge in [0, 0.05) is 20.3 Å². The highest BCUT2D eigenvalue weighted by atomic mass is 14.8. The number of hydrogen-bond donors (Lipinski definition) is 0. The maximum absolute atomic E-state index is 6.82. The fraction of sp³-hybridized carbons (Fsp3) is 0.875. The Hall–Kier alpha value is -0.510. The molecule has 0 radical (unpaired) electrons. The molecular weight excluding hydrogens is 110 g/mol. The molecule has 1 heteroatoms. The summed E-state index contributed by atoms with van der Waals surface area (Å²) in [5, 5.41) is 0. The van der Waals surface area contributed by atoms with Crippen molar-refractivity contribution in [2.45, 2.75) is 39.7 Å². The van der Waals surface area contributed by atoms with Crippen molar-refractivity contribution in [3.63, 3.8) is 0 Å². The van der Waals surface area contributed by atoms with Gasteiger partial charge in [-0.25, -0.2) is 6.57 Å². The minimum Gasteiger partial charge on any atom is -0.311 e. The third-order valence-electron chi connectivity index (χ3n) is 1.21. The van der Waals surface area contributed by atoms with Crippen LogP contribution in [0.25, 0.3) is 4.85 Å². The zero-order valence-corrected chi connectivity index (χ0v) is 6.73. The van der Waals surface area contributed by atoms with E-state index in [2.05, 4.69) is 18.7 Å². The highest BCUT2D eigenvalue weighted by Gasteiger charge is 2.23. The molecule has 1 nitrogen and oxygen atoms in total. The van der Waals surface area contributed by atoms with Gasteiger partial charge >= 0.3 is 0 Å². The van der Waals surface area contributed by atoms with E-state index in [1.54, 1.807) is 0 Å². The molecule has 9 heavy (non-hydrogen) atoms. The summed E-state index contributed by atoms with van der Waals surface area (Å²) in [6.45, 7) is 15.1. The van der Waals surface area contributed by atoms with Crippen LogP contribution in [0.1, 0.15) is 34.1 Å². The Bertz CT molecular complexity index is 117. The lowest BCUT2D eigenvalue weighted by atomic mass is 9.94. The average Bonchev–Trinajstić information content (AvgIpc) is 1.63. The van der Waals surface area contributed by atoms with Crippen LogP contribution in [-0.4, -0.2) is 5.54 Å². The molecule has 52 valence electrons. The molecule has 0 atom stereocenters. The molecule has 0 aliphatic rings. The molecule has 0 rings (SSSR count). The van der Waals surface area contributed by atoms with E-state index in [-0.39, 0.29) is 5.54 Å². The monoisotopic (exact) mass is 125 g/mol. The molecule has 0 aliphatic carbocycles. The van der Waals surface area contributed by atoms with Crippen LogP contribution in [0.3, 0.4) is 0 Å². The molecule has 0 aromatic rings. The minimum atomic E-state index is -0.145. The van der Waals surface area contributed by atoms with Crippen LogP contribution in [0.15, 0.2) is 0 Å². The summed E-state index contributed by atoms with van der Waals surface area (Å²) in [6, 6.07) is 0. The van der Waals surface area contributed by atoms with Crippen molar-refractivity contribution < 1.29 is 0 Å². The number of hydrogen-bond acceptors (Lipinski definition) is 0. The number of rotatable bonds is 2. The molecule has 0 aromatic carbocycles.